The van der Waals surface area contributed by atoms with Crippen molar-refractivity contribution in [3.63, 3.8) is 0 Å². The van der Waals surface area contributed by atoms with E-state index in [2.05, 4.69) is 15.4 Å². The molecule has 0 aliphatic rings. The molecule has 0 saturated carbocycles. The smallest absolute Gasteiger partial charge is 0.306 e. The van der Waals surface area contributed by atoms with Crippen molar-refractivity contribution in [1.29, 1.82) is 0 Å². The Labute approximate surface area is 161 Å². The van der Waals surface area contributed by atoms with Crippen LogP contribution in [0.3, 0.4) is 0 Å². The lowest BCUT2D eigenvalue weighted by atomic mass is 10.1. The topological polar surface area (TPSA) is 106 Å². The highest BCUT2D eigenvalue weighted by Gasteiger charge is 2.19. The number of aryl methyl sites for hydroxylation is 2. The Morgan fingerprint density at radius 3 is 2.71 bits per heavy atom. The summed E-state index contributed by atoms with van der Waals surface area (Å²) in [6.45, 7) is 5.61. The average molecular weight is 382 g/mol. The highest BCUT2D eigenvalue weighted by molar-refractivity contribution is 6.08. The average Bonchev–Trinajstić information content (AvgIpc) is 3.07. The fraction of sp³-hybridized carbons (Fsp3) is 0.300. The number of hydrogen-bond donors (Lipinski definition) is 2. The predicted octanol–water partition coefficient (Wildman–Crippen LogP) is 2.39. The maximum Gasteiger partial charge on any atom is 0.306 e. The first-order valence-electron chi connectivity index (χ1n) is 9.04. The van der Waals surface area contributed by atoms with Crippen LogP contribution in [0.4, 0.5) is 5.69 Å². The van der Waals surface area contributed by atoms with Crippen LogP contribution in [0.5, 0.6) is 0 Å². The second-order valence-electron chi connectivity index (χ2n) is 6.40. The van der Waals surface area contributed by atoms with E-state index in [0.717, 1.165) is 5.56 Å². The van der Waals surface area contributed by atoms with Crippen LogP contribution in [0.2, 0.25) is 0 Å². The van der Waals surface area contributed by atoms with Gasteiger partial charge < -0.3 is 10.1 Å². The van der Waals surface area contributed by atoms with Gasteiger partial charge in [-0.25, -0.2) is 9.50 Å². The van der Waals surface area contributed by atoms with Crippen LogP contribution in [-0.4, -0.2) is 33.1 Å². The Balaban J connectivity index is 1.90. The Morgan fingerprint density at radius 2 is 2.00 bits per heavy atom. The molecule has 0 spiro atoms. The number of ether oxygens (including phenoxy) is 1. The Bertz CT molecular complexity index is 1100. The van der Waals surface area contributed by atoms with Crippen LogP contribution in [0.15, 0.2) is 35.3 Å². The van der Waals surface area contributed by atoms with E-state index in [4.69, 9.17) is 4.74 Å². The maximum atomic E-state index is 12.8. The van der Waals surface area contributed by atoms with Gasteiger partial charge in [0, 0.05) is 29.6 Å². The third-order valence-electron chi connectivity index (χ3n) is 4.48. The van der Waals surface area contributed by atoms with Gasteiger partial charge in [0.2, 0.25) is 0 Å². The molecule has 8 nitrogen and oxygen atoms in total. The molecule has 0 aliphatic carbocycles. The van der Waals surface area contributed by atoms with Crippen molar-refractivity contribution >= 4 is 23.2 Å². The van der Waals surface area contributed by atoms with Crippen LogP contribution >= 0.6 is 0 Å². The van der Waals surface area contributed by atoms with Gasteiger partial charge in [-0.1, -0.05) is 18.2 Å². The molecule has 8 heteroatoms. The first-order chi connectivity index (χ1) is 13.4. The Morgan fingerprint density at radius 1 is 1.25 bits per heavy atom. The minimum Gasteiger partial charge on any atom is -0.466 e. The van der Waals surface area contributed by atoms with E-state index in [1.165, 1.54) is 10.7 Å². The molecule has 0 fully saturated rings. The summed E-state index contributed by atoms with van der Waals surface area (Å²) in [6.07, 6.45) is 1.77. The second-order valence-corrected chi connectivity index (χ2v) is 6.40. The highest BCUT2D eigenvalue weighted by Crippen LogP contribution is 2.16. The van der Waals surface area contributed by atoms with Gasteiger partial charge in [-0.3, -0.25) is 19.5 Å². The third kappa shape index (κ3) is 3.80. The number of aromatic amines is 1. The number of rotatable bonds is 6. The highest BCUT2D eigenvalue weighted by atomic mass is 16.5. The quantitative estimate of drug-likeness (QED) is 0.637. The Kier molecular flexibility index (Phi) is 5.58. The zero-order valence-corrected chi connectivity index (χ0v) is 16.0. The van der Waals surface area contributed by atoms with E-state index in [1.54, 1.807) is 19.9 Å². The second kappa shape index (κ2) is 8.08. The number of fused-ring (bicyclic) bond motifs is 1. The molecule has 0 radical (unpaired) electrons. The van der Waals surface area contributed by atoms with Gasteiger partial charge in [-0.15, -0.1) is 0 Å². The molecule has 0 aliphatic heterocycles. The molecule has 2 aromatic heterocycles. The molecule has 0 bridgehead atoms. The number of esters is 1. The molecule has 1 aromatic carbocycles. The van der Waals surface area contributed by atoms with Gasteiger partial charge in [0.1, 0.15) is 5.56 Å². The normalized spacial score (nSPS) is 10.8. The molecule has 3 aromatic rings. The van der Waals surface area contributed by atoms with Crippen LogP contribution in [0, 0.1) is 13.8 Å². The van der Waals surface area contributed by atoms with Crippen molar-refractivity contribution in [2.45, 2.75) is 33.6 Å². The van der Waals surface area contributed by atoms with E-state index in [9.17, 15) is 14.4 Å². The largest absolute Gasteiger partial charge is 0.466 e. The summed E-state index contributed by atoms with van der Waals surface area (Å²) in [6, 6.07) is 7.42. The summed E-state index contributed by atoms with van der Waals surface area (Å²) in [5.74, 6) is -0.727. The van der Waals surface area contributed by atoms with E-state index in [0.29, 0.717) is 23.6 Å². The first-order valence-corrected chi connectivity index (χ1v) is 9.04. The molecule has 1 amide bonds. The van der Waals surface area contributed by atoms with Crippen LogP contribution in [0.1, 0.15) is 40.5 Å². The van der Waals surface area contributed by atoms with Gasteiger partial charge in [-0.2, -0.15) is 0 Å². The number of nitrogens with one attached hydrogen (secondary N) is 2. The number of para-hydroxylation sites is 1. The van der Waals surface area contributed by atoms with Crippen LogP contribution in [0.25, 0.3) is 5.65 Å². The molecule has 3 rings (SSSR count). The summed E-state index contributed by atoms with van der Waals surface area (Å²) in [5, 5.41) is 5.62. The number of aromatic nitrogens is 3. The molecule has 2 heterocycles. The van der Waals surface area contributed by atoms with Crippen molar-refractivity contribution in [3.8, 4) is 0 Å². The SMILES string of the molecule is CCOC(=O)CCc1c(C)nc2c(C(=O)Nc3ccccc3C)c[nH]n2c1=O. The van der Waals surface area contributed by atoms with Crippen molar-refractivity contribution in [2.75, 3.05) is 11.9 Å². The number of amides is 1. The molecule has 0 unspecified atom stereocenters. The number of anilines is 1. The molecule has 146 valence electrons. The van der Waals surface area contributed by atoms with E-state index in [-0.39, 0.29) is 41.5 Å². The lowest BCUT2D eigenvalue weighted by molar-refractivity contribution is -0.143. The number of carbonyl (C=O) groups is 2. The number of H-pyrrole nitrogens is 1. The summed E-state index contributed by atoms with van der Waals surface area (Å²) in [7, 11) is 0. The molecule has 0 saturated heterocycles. The number of benzene rings is 1. The zero-order valence-electron chi connectivity index (χ0n) is 16.0. The van der Waals surface area contributed by atoms with E-state index >= 15 is 0 Å². The molecular weight excluding hydrogens is 360 g/mol. The number of carbonyl (C=O) groups excluding carboxylic acids is 2. The van der Waals surface area contributed by atoms with Gasteiger partial charge in [0.05, 0.1) is 6.61 Å². The Hall–Kier alpha value is -3.42. The predicted molar refractivity (Wildman–Crippen MR) is 105 cm³/mol. The van der Waals surface area contributed by atoms with Crippen molar-refractivity contribution < 1.29 is 14.3 Å². The molecular formula is C20H22N4O4. The lowest BCUT2D eigenvalue weighted by Gasteiger charge is -2.08. The van der Waals surface area contributed by atoms with Gasteiger partial charge >= 0.3 is 5.97 Å². The van der Waals surface area contributed by atoms with Crippen molar-refractivity contribution in [3.05, 3.63) is 63.2 Å². The van der Waals surface area contributed by atoms with E-state index < -0.39 is 0 Å². The maximum absolute atomic E-state index is 12.8. The molecule has 0 atom stereocenters. The lowest BCUT2D eigenvalue weighted by Crippen LogP contribution is -2.23. The summed E-state index contributed by atoms with van der Waals surface area (Å²) < 4.78 is 6.13. The summed E-state index contributed by atoms with van der Waals surface area (Å²) in [5.41, 5.74) is 2.70. The van der Waals surface area contributed by atoms with Gasteiger partial charge in [0.15, 0.2) is 5.65 Å². The van der Waals surface area contributed by atoms with Crippen molar-refractivity contribution in [2.24, 2.45) is 0 Å². The first kappa shape index (κ1) is 19.3. The summed E-state index contributed by atoms with van der Waals surface area (Å²) >= 11 is 0. The van der Waals surface area contributed by atoms with Gasteiger partial charge in [0.25, 0.3) is 11.5 Å². The molecule has 28 heavy (non-hydrogen) atoms. The zero-order chi connectivity index (χ0) is 20.3. The van der Waals surface area contributed by atoms with Crippen LogP contribution < -0.4 is 10.9 Å². The van der Waals surface area contributed by atoms with Gasteiger partial charge in [-0.05, 0) is 38.8 Å². The minimum absolute atomic E-state index is 0.0962. The number of nitrogens with zero attached hydrogens (tertiary/aromatic N) is 2. The standard InChI is InChI=1S/C20H22N4O4/c1-4-28-17(25)10-9-14-13(3)22-18-15(11-21-24(18)20(14)27)19(26)23-16-8-6-5-7-12(16)2/h5-8,11,21H,4,9-10H2,1-3H3,(H,23,26). The minimum atomic E-state index is -0.365. The fourth-order valence-corrected chi connectivity index (χ4v) is 2.97. The van der Waals surface area contributed by atoms with Crippen molar-refractivity contribution in [1.82, 2.24) is 14.6 Å². The van der Waals surface area contributed by atoms with E-state index in [1.807, 2.05) is 25.1 Å². The monoisotopic (exact) mass is 382 g/mol. The summed E-state index contributed by atoms with van der Waals surface area (Å²) in [4.78, 5) is 41.5. The number of hydrogen-bond acceptors (Lipinski definition) is 5. The molecule has 2 N–H and O–H groups in total. The third-order valence-corrected chi connectivity index (χ3v) is 4.48. The fourth-order valence-electron chi connectivity index (χ4n) is 2.97. The van der Waals surface area contributed by atoms with Crippen LogP contribution in [-0.2, 0) is 16.0 Å².